The Morgan fingerprint density at radius 2 is 1.94 bits per heavy atom. The summed E-state index contributed by atoms with van der Waals surface area (Å²) in [4.78, 5) is 25.6. The number of hydrogen-bond acceptors (Lipinski definition) is 8. The number of aryl methyl sites for hydroxylation is 1. The minimum absolute atomic E-state index is 0.118. The van der Waals surface area contributed by atoms with E-state index in [0.717, 1.165) is 10.4 Å². The molecule has 11 heteroatoms. The first-order valence-electron chi connectivity index (χ1n) is 9.75. The third-order valence-electron chi connectivity index (χ3n) is 4.65. The molecule has 0 aliphatic heterocycles. The molecule has 3 aromatic rings. The third-order valence-corrected chi connectivity index (χ3v) is 6.99. The summed E-state index contributed by atoms with van der Waals surface area (Å²) in [6.07, 6.45) is 0. The standard InChI is InChI=1S/C21H23ClN4O4S2/c1-5-26-16(10-30-15-8-6-14(22)7-9-15)24-25-21(26)31-11-17(27)23-19-18(20(28)29-4)12(2)13(3)32-19/h6-9H,5,10-11H2,1-4H3,(H,23,27). The van der Waals surface area contributed by atoms with E-state index in [1.54, 1.807) is 24.3 Å². The Hall–Kier alpha value is -2.56. The number of thiophene rings is 1. The Bertz CT molecular complexity index is 1110. The lowest BCUT2D eigenvalue weighted by molar-refractivity contribution is -0.113. The van der Waals surface area contributed by atoms with Crippen molar-refractivity contribution in [2.45, 2.75) is 39.1 Å². The number of methoxy groups -OCH3 is 1. The molecule has 0 aliphatic rings. The van der Waals surface area contributed by atoms with E-state index < -0.39 is 5.97 Å². The van der Waals surface area contributed by atoms with Gasteiger partial charge in [0.2, 0.25) is 5.91 Å². The van der Waals surface area contributed by atoms with Crippen LogP contribution in [0.25, 0.3) is 0 Å². The van der Waals surface area contributed by atoms with Crippen LogP contribution >= 0.6 is 34.7 Å². The fraction of sp³-hybridized carbons (Fsp3) is 0.333. The molecule has 170 valence electrons. The number of halogens is 1. The number of aromatic nitrogens is 3. The van der Waals surface area contributed by atoms with Crippen LogP contribution in [-0.2, 0) is 22.7 Å². The summed E-state index contributed by atoms with van der Waals surface area (Å²) in [5, 5.41) is 12.9. The van der Waals surface area contributed by atoms with Crippen molar-refractivity contribution in [3.05, 3.63) is 51.1 Å². The molecule has 2 heterocycles. The molecule has 8 nitrogen and oxygen atoms in total. The highest BCUT2D eigenvalue weighted by Gasteiger charge is 2.22. The van der Waals surface area contributed by atoms with Gasteiger partial charge in [0.05, 0.1) is 18.4 Å². The molecule has 1 amide bonds. The van der Waals surface area contributed by atoms with Gasteiger partial charge in [-0.15, -0.1) is 21.5 Å². The van der Waals surface area contributed by atoms with Crippen LogP contribution in [0, 0.1) is 13.8 Å². The number of esters is 1. The number of nitrogens with zero attached hydrogens (tertiary/aromatic N) is 3. The van der Waals surface area contributed by atoms with Crippen molar-refractivity contribution in [1.29, 1.82) is 0 Å². The van der Waals surface area contributed by atoms with Gasteiger partial charge in [0, 0.05) is 16.4 Å². The van der Waals surface area contributed by atoms with Gasteiger partial charge in [-0.1, -0.05) is 23.4 Å². The molecular formula is C21H23ClN4O4S2. The molecule has 32 heavy (non-hydrogen) atoms. The van der Waals surface area contributed by atoms with Crippen molar-refractivity contribution >= 4 is 51.6 Å². The van der Waals surface area contributed by atoms with E-state index in [9.17, 15) is 9.59 Å². The van der Waals surface area contributed by atoms with E-state index >= 15 is 0 Å². The molecule has 3 rings (SSSR count). The molecule has 0 atom stereocenters. The molecular weight excluding hydrogens is 472 g/mol. The number of anilines is 1. The minimum Gasteiger partial charge on any atom is -0.486 e. The normalized spacial score (nSPS) is 10.8. The largest absolute Gasteiger partial charge is 0.486 e. The summed E-state index contributed by atoms with van der Waals surface area (Å²) in [6.45, 7) is 6.57. The Kier molecular flexibility index (Phi) is 8.16. The zero-order valence-electron chi connectivity index (χ0n) is 18.1. The van der Waals surface area contributed by atoms with Gasteiger partial charge >= 0.3 is 5.97 Å². The summed E-state index contributed by atoms with van der Waals surface area (Å²) in [7, 11) is 1.32. The highest BCUT2D eigenvalue weighted by Crippen LogP contribution is 2.33. The molecule has 0 saturated heterocycles. The van der Waals surface area contributed by atoms with Crippen LogP contribution in [0.3, 0.4) is 0 Å². The van der Waals surface area contributed by atoms with Crippen molar-refractivity contribution in [3.8, 4) is 5.75 Å². The van der Waals surface area contributed by atoms with Crippen molar-refractivity contribution in [2.24, 2.45) is 0 Å². The van der Waals surface area contributed by atoms with Crippen LogP contribution < -0.4 is 10.1 Å². The lowest BCUT2D eigenvalue weighted by Gasteiger charge is -2.09. The first-order chi connectivity index (χ1) is 15.3. The van der Waals surface area contributed by atoms with Crippen LogP contribution in [0.1, 0.15) is 33.5 Å². The maximum atomic E-state index is 12.5. The Morgan fingerprint density at radius 3 is 2.59 bits per heavy atom. The first-order valence-corrected chi connectivity index (χ1v) is 11.9. The Morgan fingerprint density at radius 1 is 1.22 bits per heavy atom. The number of ether oxygens (including phenoxy) is 2. The second-order valence-corrected chi connectivity index (χ2v) is 9.31. The number of nitrogens with one attached hydrogen (secondary N) is 1. The van der Waals surface area contributed by atoms with Gasteiger partial charge in [0.15, 0.2) is 11.0 Å². The molecule has 2 aromatic heterocycles. The fourth-order valence-electron chi connectivity index (χ4n) is 2.88. The number of thioether (sulfide) groups is 1. The van der Waals surface area contributed by atoms with Crippen LogP contribution in [0.2, 0.25) is 5.02 Å². The molecule has 0 spiro atoms. The number of benzene rings is 1. The monoisotopic (exact) mass is 494 g/mol. The predicted octanol–water partition coefficient (Wildman–Crippen LogP) is 4.73. The van der Waals surface area contributed by atoms with Crippen LogP contribution in [-0.4, -0.2) is 39.5 Å². The summed E-state index contributed by atoms with van der Waals surface area (Å²) in [5.74, 6) is 0.739. The molecule has 0 radical (unpaired) electrons. The SMILES string of the molecule is CCn1c(COc2ccc(Cl)cc2)nnc1SCC(=O)Nc1sc(C)c(C)c1C(=O)OC. The van der Waals surface area contributed by atoms with E-state index in [1.165, 1.54) is 30.2 Å². The zero-order chi connectivity index (χ0) is 23.3. The first kappa shape index (κ1) is 24.1. The number of rotatable bonds is 9. The van der Waals surface area contributed by atoms with Gasteiger partial charge in [0.1, 0.15) is 17.4 Å². The number of amides is 1. The maximum Gasteiger partial charge on any atom is 0.341 e. The van der Waals surface area contributed by atoms with Gasteiger partial charge < -0.3 is 19.4 Å². The summed E-state index contributed by atoms with van der Waals surface area (Å²) in [5.41, 5.74) is 1.20. The van der Waals surface area contributed by atoms with Gasteiger partial charge in [-0.2, -0.15) is 0 Å². The second kappa shape index (κ2) is 10.8. The van der Waals surface area contributed by atoms with Crippen molar-refractivity contribution in [2.75, 3.05) is 18.2 Å². The number of carbonyl (C=O) groups is 2. The van der Waals surface area contributed by atoms with E-state index in [1.807, 2.05) is 25.3 Å². The van der Waals surface area contributed by atoms with Crippen molar-refractivity contribution in [3.63, 3.8) is 0 Å². The summed E-state index contributed by atoms with van der Waals surface area (Å²) >= 11 is 8.51. The second-order valence-electron chi connectivity index (χ2n) is 6.70. The Labute approximate surface area is 199 Å². The highest BCUT2D eigenvalue weighted by molar-refractivity contribution is 7.99. The molecule has 0 saturated carbocycles. The molecule has 0 unspecified atom stereocenters. The predicted molar refractivity (Wildman–Crippen MR) is 126 cm³/mol. The minimum atomic E-state index is -0.467. The van der Waals surface area contributed by atoms with Crippen LogP contribution in [0.5, 0.6) is 5.75 Å². The van der Waals surface area contributed by atoms with Crippen LogP contribution in [0.4, 0.5) is 5.00 Å². The molecule has 1 N–H and O–H groups in total. The van der Waals surface area contributed by atoms with Crippen LogP contribution in [0.15, 0.2) is 29.4 Å². The van der Waals surface area contributed by atoms with Crippen molar-refractivity contribution in [1.82, 2.24) is 14.8 Å². The summed E-state index contributed by atoms with van der Waals surface area (Å²) < 4.78 is 12.5. The van der Waals surface area contributed by atoms with E-state index in [4.69, 9.17) is 21.1 Å². The average Bonchev–Trinajstić information content (AvgIpc) is 3.30. The number of carbonyl (C=O) groups excluding carboxylic acids is 2. The van der Waals surface area contributed by atoms with Gasteiger partial charge in [-0.05, 0) is 50.6 Å². The smallest absolute Gasteiger partial charge is 0.341 e. The average molecular weight is 495 g/mol. The van der Waals surface area contributed by atoms with Gasteiger partial charge in [-0.3, -0.25) is 4.79 Å². The quantitative estimate of drug-likeness (QED) is 0.339. The van der Waals surface area contributed by atoms with E-state index in [0.29, 0.717) is 38.9 Å². The third kappa shape index (κ3) is 5.62. The van der Waals surface area contributed by atoms with Gasteiger partial charge in [-0.25, -0.2) is 4.79 Å². The zero-order valence-corrected chi connectivity index (χ0v) is 20.5. The maximum absolute atomic E-state index is 12.5. The van der Waals surface area contributed by atoms with E-state index in [2.05, 4.69) is 15.5 Å². The highest BCUT2D eigenvalue weighted by atomic mass is 35.5. The molecule has 1 aromatic carbocycles. The van der Waals surface area contributed by atoms with Crippen molar-refractivity contribution < 1.29 is 19.1 Å². The molecule has 0 fully saturated rings. The fourth-order valence-corrected chi connectivity index (χ4v) is 4.90. The molecule has 0 aliphatic carbocycles. The van der Waals surface area contributed by atoms with E-state index in [-0.39, 0.29) is 18.3 Å². The topological polar surface area (TPSA) is 95.3 Å². The number of hydrogen-bond donors (Lipinski definition) is 1. The lowest BCUT2D eigenvalue weighted by Crippen LogP contribution is -2.16. The van der Waals surface area contributed by atoms with Gasteiger partial charge in [0.25, 0.3) is 0 Å². The molecule has 0 bridgehead atoms. The summed E-state index contributed by atoms with van der Waals surface area (Å²) in [6, 6.07) is 7.07. The lowest BCUT2D eigenvalue weighted by atomic mass is 10.1. The Balaban J connectivity index is 1.62.